The number of carboxylic acid groups (broad SMARTS) is 1. The predicted molar refractivity (Wildman–Crippen MR) is 57.1 cm³/mol. The molecule has 0 fully saturated rings. The average Bonchev–Trinajstić information content (AvgIpc) is 2.58. The van der Waals surface area contributed by atoms with E-state index in [0.29, 0.717) is 10.9 Å². The lowest BCUT2D eigenvalue weighted by Crippen LogP contribution is -1.99. The molecule has 0 aliphatic carbocycles. The largest absolute Gasteiger partial charge is 0.478 e. The zero-order chi connectivity index (χ0) is 11.0. The first-order chi connectivity index (χ1) is 7.13. The minimum atomic E-state index is -0.903. The minimum absolute atomic E-state index is 0.324. The van der Waals surface area contributed by atoms with E-state index in [9.17, 15) is 4.79 Å². The van der Waals surface area contributed by atoms with E-state index in [0.717, 1.165) is 17.6 Å². The molecule has 1 heterocycles. The minimum Gasteiger partial charge on any atom is -0.478 e. The van der Waals surface area contributed by atoms with Gasteiger partial charge in [-0.3, -0.25) is 4.68 Å². The van der Waals surface area contributed by atoms with E-state index in [4.69, 9.17) is 5.11 Å². The zero-order valence-electron chi connectivity index (χ0n) is 8.69. The van der Waals surface area contributed by atoms with E-state index in [1.165, 1.54) is 0 Å². The van der Waals surface area contributed by atoms with E-state index < -0.39 is 5.97 Å². The van der Waals surface area contributed by atoms with Crippen LogP contribution in [0.25, 0.3) is 10.9 Å². The van der Waals surface area contributed by atoms with Crippen LogP contribution in [-0.2, 0) is 6.54 Å². The van der Waals surface area contributed by atoms with Crippen molar-refractivity contribution < 1.29 is 9.90 Å². The Hall–Kier alpha value is -1.84. The van der Waals surface area contributed by atoms with Crippen LogP contribution in [0.4, 0.5) is 0 Å². The van der Waals surface area contributed by atoms with Crippen LogP contribution < -0.4 is 0 Å². The van der Waals surface area contributed by atoms with Gasteiger partial charge in [0.2, 0.25) is 0 Å². The summed E-state index contributed by atoms with van der Waals surface area (Å²) in [7, 11) is 0. The fourth-order valence-corrected chi connectivity index (χ4v) is 1.75. The van der Waals surface area contributed by atoms with Gasteiger partial charge in [-0.2, -0.15) is 5.10 Å². The molecule has 0 bridgehead atoms. The summed E-state index contributed by atoms with van der Waals surface area (Å²) in [5.74, 6) is -0.903. The number of aryl methyl sites for hydroxylation is 2. The second-order valence-corrected chi connectivity index (χ2v) is 3.51. The number of aromatic carboxylic acids is 1. The van der Waals surface area contributed by atoms with Crippen LogP contribution >= 0.6 is 0 Å². The van der Waals surface area contributed by atoms with Crippen molar-refractivity contribution in [2.24, 2.45) is 0 Å². The molecule has 0 aliphatic rings. The van der Waals surface area contributed by atoms with Crippen molar-refractivity contribution in [3.05, 3.63) is 29.5 Å². The Morgan fingerprint density at radius 2 is 2.27 bits per heavy atom. The van der Waals surface area contributed by atoms with Gasteiger partial charge in [-0.05, 0) is 31.5 Å². The molecule has 0 unspecified atom stereocenters. The second-order valence-electron chi connectivity index (χ2n) is 3.51. The molecular formula is C11H12N2O2. The molecule has 0 radical (unpaired) electrons. The molecule has 0 saturated heterocycles. The Morgan fingerprint density at radius 3 is 2.87 bits per heavy atom. The van der Waals surface area contributed by atoms with E-state index in [-0.39, 0.29) is 0 Å². The first kappa shape index (κ1) is 9.71. The number of benzene rings is 1. The highest BCUT2D eigenvalue weighted by Gasteiger charge is 2.12. The molecule has 0 saturated carbocycles. The Balaban J connectivity index is 2.82. The number of carboxylic acids is 1. The summed E-state index contributed by atoms with van der Waals surface area (Å²) in [4.78, 5) is 11.0. The van der Waals surface area contributed by atoms with Gasteiger partial charge in [0, 0.05) is 11.9 Å². The Labute approximate surface area is 87.1 Å². The number of hydrogen-bond acceptors (Lipinski definition) is 2. The monoisotopic (exact) mass is 204 g/mol. The number of nitrogens with zero attached hydrogens (tertiary/aromatic N) is 2. The van der Waals surface area contributed by atoms with Gasteiger partial charge in [-0.15, -0.1) is 0 Å². The zero-order valence-corrected chi connectivity index (χ0v) is 8.69. The van der Waals surface area contributed by atoms with Crippen LogP contribution in [-0.4, -0.2) is 20.9 Å². The lowest BCUT2D eigenvalue weighted by Gasteiger charge is -2.02. The average molecular weight is 204 g/mol. The molecule has 0 atom stereocenters. The second kappa shape index (κ2) is 3.38. The number of fused-ring (bicyclic) bond motifs is 1. The normalized spacial score (nSPS) is 10.8. The van der Waals surface area contributed by atoms with Crippen molar-refractivity contribution in [1.29, 1.82) is 0 Å². The van der Waals surface area contributed by atoms with Gasteiger partial charge in [0.05, 0.1) is 17.3 Å². The summed E-state index contributed by atoms with van der Waals surface area (Å²) >= 11 is 0. The van der Waals surface area contributed by atoms with Crippen LogP contribution in [0.5, 0.6) is 0 Å². The van der Waals surface area contributed by atoms with Crippen molar-refractivity contribution in [3.63, 3.8) is 0 Å². The number of aromatic nitrogens is 2. The highest BCUT2D eigenvalue weighted by molar-refractivity contribution is 6.02. The van der Waals surface area contributed by atoms with Crippen LogP contribution in [0.1, 0.15) is 22.8 Å². The van der Waals surface area contributed by atoms with Crippen LogP contribution in [0, 0.1) is 6.92 Å². The molecule has 0 spiro atoms. The summed E-state index contributed by atoms with van der Waals surface area (Å²) in [5.41, 5.74) is 2.15. The van der Waals surface area contributed by atoms with Gasteiger partial charge >= 0.3 is 5.97 Å². The smallest absolute Gasteiger partial charge is 0.336 e. The third-order valence-electron chi connectivity index (χ3n) is 2.44. The maximum absolute atomic E-state index is 11.0. The van der Waals surface area contributed by atoms with E-state index >= 15 is 0 Å². The van der Waals surface area contributed by atoms with Crippen LogP contribution in [0.3, 0.4) is 0 Å². The molecule has 0 aliphatic heterocycles. The molecule has 1 aromatic heterocycles. The Morgan fingerprint density at radius 1 is 1.53 bits per heavy atom. The van der Waals surface area contributed by atoms with Gasteiger partial charge in [-0.25, -0.2) is 4.79 Å². The highest BCUT2D eigenvalue weighted by Crippen LogP contribution is 2.20. The summed E-state index contributed by atoms with van der Waals surface area (Å²) in [6.07, 6.45) is 1.61. The fourth-order valence-electron chi connectivity index (χ4n) is 1.75. The maximum Gasteiger partial charge on any atom is 0.336 e. The van der Waals surface area contributed by atoms with Crippen LogP contribution in [0.2, 0.25) is 0 Å². The van der Waals surface area contributed by atoms with Crippen molar-refractivity contribution in [3.8, 4) is 0 Å². The third kappa shape index (κ3) is 1.48. The summed E-state index contributed by atoms with van der Waals surface area (Å²) in [6, 6.07) is 3.63. The van der Waals surface area contributed by atoms with Crippen molar-refractivity contribution in [2.45, 2.75) is 20.4 Å². The quantitative estimate of drug-likeness (QED) is 0.814. The first-order valence-electron chi connectivity index (χ1n) is 4.83. The molecular weight excluding hydrogens is 192 g/mol. The molecule has 0 amide bonds. The van der Waals surface area contributed by atoms with Crippen LogP contribution in [0.15, 0.2) is 18.3 Å². The molecule has 2 rings (SSSR count). The van der Waals surface area contributed by atoms with Gasteiger partial charge in [-0.1, -0.05) is 0 Å². The number of rotatable bonds is 2. The van der Waals surface area contributed by atoms with Gasteiger partial charge in [0.15, 0.2) is 0 Å². The van der Waals surface area contributed by atoms with Crippen molar-refractivity contribution in [1.82, 2.24) is 9.78 Å². The Bertz CT molecular complexity index is 529. The maximum atomic E-state index is 11.0. The topological polar surface area (TPSA) is 55.1 Å². The van der Waals surface area contributed by atoms with Gasteiger partial charge < -0.3 is 5.11 Å². The Kier molecular flexibility index (Phi) is 2.19. The SMILES string of the molecule is CCn1ncc2c(C(=O)O)cc(C)cc21. The summed E-state index contributed by atoms with van der Waals surface area (Å²) < 4.78 is 1.80. The standard InChI is InChI=1S/C11H12N2O2/c1-3-13-10-5-7(2)4-8(11(14)15)9(10)6-12-13/h4-6H,3H2,1-2H3,(H,14,15). The highest BCUT2D eigenvalue weighted by atomic mass is 16.4. The molecule has 4 nitrogen and oxygen atoms in total. The van der Waals surface area contributed by atoms with Crippen molar-refractivity contribution >= 4 is 16.9 Å². The first-order valence-corrected chi connectivity index (χ1v) is 4.83. The van der Waals surface area contributed by atoms with Gasteiger partial charge in [0.1, 0.15) is 0 Å². The van der Waals surface area contributed by atoms with Crippen molar-refractivity contribution in [2.75, 3.05) is 0 Å². The molecule has 15 heavy (non-hydrogen) atoms. The third-order valence-corrected chi connectivity index (χ3v) is 2.44. The predicted octanol–water partition coefficient (Wildman–Crippen LogP) is 2.06. The lowest BCUT2D eigenvalue weighted by molar-refractivity contribution is 0.0699. The van der Waals surface area contributed by atoms with E-state index in [1.807, 2.05) is 19.9 Å². The van der Waals surface area contributed by atoms with E-state index in [2.05, 4.69) is 5.10 Å². The molecule has 1 aromatic carbocycles. The van der Waals surface area contributed by atoms with E-state index in [1.54, 1.807) is 16.9 Å². The lowest BCUT2D eigenvalue weighted by atomic mass is 10.1. The molecule has 4 heteroatoms. The fraction of sp³-hybridized carbons (Fsp3) is 0.273. The number of hydrogen-bond donors (Lipinski definition) is 1. The summed E-state index contributed by atoms with van der Waals surface area (Å²) in [5, 5.41) is 13.9. The molecule has 1 N–H and O–H groups in total. The molecule has 78 valence electrons. The molecule has 2 aromatic rings. The number of carbonyl (C=O) groups is 1. The van der Waals surface area contributed by atoms with Gasteiger partial charge in [0.25, 0.3) is 0 Å². The summed E-state index contributed by atoms with van der Waals surface area (Å²) in [6.45, 7) is 4.61.